The van der Waals surface area contributed by atoms with Crippen molar-refractivity contribution in [2.75, 3.05) is 17.3 Å². The second-order valence-corrected chi connectivity index (χ2v) is 6.84. The van der Waals surface area contributed by atoms with Crippen LogP contribution in [0.1, 0.15) is 31.7 Å². The Balaban J connectivity index is 2.00. The number of carbonyl (C=O) groups excluding carboxylic acids is 3. The van der Waals surface area contributed by atoms with Crippen LogP contribution in [0.15, 0.2) is 0 Å². The summed E-state index contributed by atoms with van der Waals surface area (Å²) < 4.78 is 4.82. The highest BCUT2D eigenvalue weighted by molar-refractivity contribution is 8.01. The van der Waals surface area contributed by atoms with Gasteiger partial charge in [0.2, 0.25) is 16.9 Å². The molecule has 0 aliphatic carbocycles. The second-order valence-electron chi connectivity index (χ2n) is 4.60. The van der Waals surface area contributed by atoms with Crippen molar-refractivity contribution >= 4 is 46.0 Å². The third kappa shape index (κ3) is 3.83. The molecule has 2 heterocycles. The summed E-state index contributed by atoms with van der Waals surface area (Å²) in [5.41, 5.74) is 0. The number of hydrogen-bond acceptors (Lipinski definition) is 8. The zero-order valence-electron chi connectivity index (χ0n) is 12.4. The molecule has 120 valence electrons. The maximum Gasteiger partial charge on any atom is 0.315 e. The van der Waals surface area contributed by atoms with E-state index in [-0.39, 0.29) is 30.0 Å². The van der Waals surface area contributed by atoms with Crippen molar-refractivity contribution in [1.82, 2.24) is 10.2 Å². The minimum Gasteiger partial charge on any atom is -0.465 e. The van der Waals surface area contributed by atoms with Gasteiger partial charge >= 0.3 is 5.97 Å². The molecule has 0 spiro atoms. The van der Waals surface area contributed by atoms with Gasteiger partial charge in [0.1, 0.15) is 5.01 Å². The summed E-state index contributed by atoms with van der Waals surface area (Å²) >= 11 is 2.39. The lowest BCUT2D eigenvalue weighted by Crippen LogP contribution is -2.31. The van der Waals surface area contributed by atoms with Gasteiger partial charge in [-0.05, 0) is 13.3 Å². The van der Waals surface area contributed by atoms with Crippen molar-refractivity contribution in [3.8, 4) is 0 Å². The second kappa shape index (κ2) is 7.68. The molecule has 0 bridgehead atoms. The standard InChI is InChI=1S/C13H17N3O4S2/c1-3-5-9-14-15-13(22-9)16-10(17)6-8(12(16)19)21-7-11(18)20-4-2/h8H,3-7H2,1-2H3. The average Bonchev–Trinajstić information content (AvgIpc) is 3.02. The van der Waals surface area contributed by atoms with Crippen molar-refractivity contribution < 1.29 is 19.1 Å². The van der Waals surface area contributed by atoms with Crippen molar-refractivity contribution in [3.05, 3.63) is 5.01 Å². The first-order valence-electron chi connectivity index (χ1n) is 7.03. The molecule has 2 rings (SSSR count). The number of ether oxygens (including phenoxy) is 1. The van der Waals surface area contributed by atoms with E-state index in [1.165, 1.54) is 11.3 Å². The minimum absolute atomic E-state index is 0.0581. The first-order valence-corrected chi connectivity index (χ1v) is 8.89. The van der Waals surface area contributed by atoms with Gasteiger partial charge in [0, 0.05) is 12.8 Å². The van der Waals surface area contributed by atoms with Gasteiger partial charge in [-0.3, -0.25) is 14.4 Å². The summed E-state index contributed by atoms with van der Waals surface area (Å²) in [6.07, 6.45) is 1.77. The number of nitrogens with zero attached hydrogens (tertiary/aromatic N) is 3. The van der Waals surface area contributed by atoms with Gasteiger partial charge in [-0.2, -0.15) is 0 Å². The summed E-state index contributed by atoms with van der Waals surface area (Å²) in [5, 5.41) is 8.48. The molecule has 1 aliphatic heterocycles. The SMILES string of the molecule is CCCc1nnc(N2C(=O)CC(SCC(=O)OCC)C2=O)s1. The number of amides is 2. The zero-order chi connectivity index (χ0) is 16.1. The number of rotatable bonds is 7. The Hall–Kier alpha value is -1.48. The largest absolute Gasteiger partial charge is 0.465 e. The smallest absolute Gasteiger partial charge is 0.315 e. The van der Waals surface area contributed by atoms with E-state index in [9.17, 15) is 14.4 Å². The highest BCUT2D eigenvalue weighted by Crippen LogP contribution is 2.31. The molecule has 0 N–H and O–H groups in total. The Morgan fingerprint density at radius 2 is 2.18 bits per heavy atom. The minimum atomic E-state index is -0.560. The van der Waals surface area contributed by atoms with E-state index in [0.29, 0.717) is 11.7 Å². The molecule has 7 nitrogen and oxygen atoms in total. The van der Waals surface area contributed by atoms with Crippen LogP contribution in [0.5, 0.6) is 0 Å². The van der Waals surface area contributed by atoms with Crippen LogP contribution in [0, 0.1) is 0 Å². The predicted octanol–water partition coefficient (Wildman–Crippen LogP) is 1.42. The number of anilines is 1. The van der Waals surface area contributed by atoms with Crippen LogP contribution in [0.2, 0.25) is 0 Å². The Morgan fingerprint density at radius 1 is 1.41 bits per heavy atom. The van der Waals surface area contributed by atoms with Crippen molar-refractivity contribution in [3.63, 3.8) is 0 Å². The lowest BCUT2D eigenvalue weighted by atomic mass is 10.4. The number of aromatic nitrogens is 2. The topological polar surface area (TPSA) is 89.5 Å². The first kappa shape index (κ1) is 16.9. The predicted molar refractivity (Wildman–Crippen MR) is 83.9 cm³/mol. The quantitative estimate of drug-likeness (QED) is 0.546. The van der Waals surface area contributed by atoms with Gasteiger partial charge in [-0.25, -0.2) is 4.90 Å². The van der Waals surface area contributed by atoms with E-state index in [2.05, 4.69) is 10.2 Å². The van der Waals surface area contributed by atoms with Gasteiger partial charge < -0.3 is 4.74 Å². The number of esters is 1. The number of imide groups is 1. The fourth-order valence-electron chi connectivity index (χ4n) is 1.96. The summed E-state index contributed by atoms with van der Waals surface area (Å²) in [4.78, 5) is 36.8. The van der Waals surface area contributed by atoms with Crippen LogP contribution < -0.4 is 4.90 Å². The Bertz CT molecular complexity index is 575. The van der Waals surface area contributed by atoms with E-state index in [1.807, 2.05) is 6.92 Å². The summed E-state index contributed by atoms with van der Waals surface area (Å²) in [7, 11) is 0. The van der Waals surface area contributed by atoms with E-state index in [4.69, 9.17) is 4.74 Å². The van der Waals surface area contributed by atoms with Crippen molar-refractivity contribution in [2.45, 2.75) is 38.4 Å². The number of carbonyl (C=O) groups is 3. The molecule has 9 heteroatoms. The molecular formula is C13H17N3O4S2. The lowest BCUT2D eigenvalue weighted by molar-refractivity contribution is -0.139. The zero-order valence-corrected chi connectivity index (χ0v) is 14.0. The average molecular weight is 343 g/mol. The first-order chi connectivity index (χ1) is 10.6. The summed E-state index contributed by atoms with van der Waals surface area (Å²) in [5.74, 6) is -0.959. The van der Waals surface area contributed by atoms with Crippen LogP contribution in [-0.2, 0) is 25.5 Å². The van der Waals surface area contributed by atoms with E-state index >= 15 is 0 Å². The molecular weight excluding hydrogens is 326 g/mol. The summed E-state index contributed by atoms with van der Waals surface area (Å²) in [6, 6.07) is 0. The molecule has 0 radical (unpaired) electrons. The number of aryl methyl sites for hydroxylation is 1. The molecule has 2 amide bonds. The Kier molecular flexibility index (Phi) is 5.90. The highest BCUT2D eigenvalue weighted by atomic mass is 32.2. The molecule has 1 aromatic heterocycles. The molecule has 1 atom stereocenters. The molecule has 1 fully saturated rings. The van der Waals surface area contributed by atoms with Gasteiger partial charge in [0.15, 0.2) is 0 Å². The normalized spacial score (nSPS) is 18.1. The molecule has 0 aromatic carbocycles. The fourth-order valence-corrected chi connectivity index (χ4v) is 3.85. The highest BCUT2D eigenvalue weighted by Gasteiger charge is 2.41. The van der Waals surface area contributed by atoms with Crippen LogP contribution in [0.25, 0.3) is 0 Å². The Labute approximate surface area is 136 Å². The third-order valence-electron chi connectivity index (χ3n) is 2.92. The monoisotopic (exact) mass is 343 g/mol. The van der Waals surface area contributed by atoms with Gasteiger partial charge in [-0.15, -0.1) is 22.0 Å². The van der Waals surface area contributed by atoms with E-state index < -0.39 is 5.25 Å². The van der Waals surface area contributed by atoms with Crippen molar-refractivity contribution in [1.29, 1.82) is 0 Å². The van der Waals surface area contributed by atoms with Gasteiger partial charge in [0.05, 0.1) is 17.6 Å². The fraction of sp³-hybridized carbons (Fsp3) is 0.615. The number of thioether (sulfide) groups is 1. The summed E-state index contributed by atoms with van der Waals surface area (Å²) in [6.45, 7) is 4.04. The van der Waals surface area contributed by atoms with Gasteiger partial charge in [0.25, 0.3) is 0 Å². The molecule has 1 aliphatic rings. The van der Waals surface area contributed by atoms with E-state index in [1.54, 1.807) is 6.92 Å². The molecule has 22 heavy (non-hydrogen) atoms. The third-order valence-corrected chi connectivity index (χ3v) is 5.07. The number of hydrogen-bond donors (Lipinski definition) is 0. The van der Waals surface area contributed by atoms with Crippen LogP contribution in [0.4, 0.5) is 5.13 Å². The molecule has 0 saturated carbocycles. The molecule has 1 unspecified atom stereocenters. The molecule has 1 saturated heterocycles. The van der Waals surface area contributed by atoms with E-state index in [0.717, 1.165) is 34.5 Å². The lowest BCUT2D eigenvalue weighted by Gasteiger charge is -2.10. The maximum atomic E-state index is 12.3. The molecule has 1 aromatic rings. The van der Waals surface area contributed by atoms with Crippen LogP contribution in [-0.4, -0.2) is 45.6 Å². The van der Waals surface area contributed by atoms with Crippen LogP contribution in [0.3, 0.4) is 0 Å². The Morgan fingerprint density at radius 3 is 2.86 bits per heavy atom. The van der Waals surface area contributed by atoms with Crippen LogP contribution >= 0.6 is 23.1 Å². The van der Waals surface area contributed by atoms with Gasteiger partial charge in [-0.1, -0.05) is 18.3 Å². The van der Waals surface area contributed by atoms with Crippen molar-refractivity contribution in [2.24, 2.45) is 0 Å². The maximum absolute atomic E-state index is 12.3.